The SMILES string of the molecule is CCOc1cc(C2CC(OC(C)=O)CCC2NC(=O)c2ccc(C(=O)OC)cn2)ccc1OC. The van der Waals surface area contributed by atoms with E-state index in [1.807, 2.05) is 25.1 Å². The molecule has 0 aliphatic heterocycles. The van der Waals surface area contributed by atoms with Crippen molar-refractivity contribution in [3.8, 4) is 11.5 Å². The molecule has 1 aromatic heterocycles. The van der Waals surface area contributed by atoms with Crippen molar-refractivity contribution in [1.29, 1.82) is 0 Å². The molecule has 0 radical (unpaired) electrons. The van der Waals surface area contributed by atoms with Crippen LogP contribution in [0.1, 0.15) is 65.4 Å². The Morgan fingerprint density at radius 3 is 2.50 bits per heavy atom. The van der Waals surface area contributed by atoms with Gasteiger partial charge in [-0.1, -0.05) is 6.07 Å². The number of carbonyl (C=O) groups is 3. The number of pyridine rings is 1. The number of aromatic nitrogens is 1. The quantitative estimate of drug-likeness (QED) is 0.585. The molecule has 182 valence electrons. The van der Waals surface area contributed by atoms with Crippen LogP contribution in [0.15, 0.2) is 36.5 Å². The van der Waals surface area contributed by atoms with Gasteiger partial charge in [-0.15, -0.1) is 0 Å². The second-order valence-electron chi connectivity index (χ2n) is 8.00. The summed E-state index contributed by atoms with van der Waals surface area (Å²) in [6.45, 7) is 3.77. The third-order valence-corrected chi connectivity index (χ3v) is 5.78. The lowest BCUT2D eigenvalue weighted by Crippen LogP contribution is -2.44. The van der Waals surface area contributed by atoms with E-state index in [2.05, 4.69) is 15.0 Å². The van der Waals surface area contributed by atoms with Crippen LogP contribution in [0, 0.1) is 0 Å². The summed E-state index contributed by atoms with van der Waals surface area (Å²) in [5, 5.41) is 3.07. The smallest absolute Gasteiger partial charge is 0.339 e. The van der Waals surface area contributed by atoms with Gasteiger partial charge in [0.15, 0.2) is 11.5 Å². The van der Waals surface area contributed by atoms with Crippen molar-refractivity contribution < 1.29 is 33.3 Å². The second kappa shape index (κ2) is 11.5. The van der Waals surface area contributed by atoms with Crippen LogP contribution in [-0.4, -0.2) is 55.8 Å². The first kappa shape index (κ1) is 25.0. The van der Waals surface area contributed by atoms with Gasteiger partial charge in [0.25, 0.3) is 5.91 Å². The molecule has 3 unspecified atom stereocenters. The van der Waals surface area contributed by atoms with E-state index in [9.17, 15) is 14.4 Å². The summed E-state index contributed by atoms with van der Waals surface area (Å²) in [6, 6.07) is 8.45. The van der Waals surface area contributed by atoms with Crippen molar-refractivity contribution in [3.63, 3.8) is 0 Å². The van der Waals surface area contributed by atoms with E-state index in [1.54, 1.807) is 7.11 Å². The Hall–Kier alpha value is -3.62. The van der Waals surface area contributed by atoms with Crippen LogP contribution in [0.4, 0.5) is 0 Å². The molecular weight excluding hydrogens is 440 g/mol. The fourth-order valence-corrected chi connectivity index (χ4v) is 4.22. The van der Waals surface area contributed by atoms with E-state index in [4.69, 9.17) is 14.2 Å². The van der Waals surface area contributed by atoms with Gasteiger partial charge in [-0.3, -0.25) is 14.6 Å². The van der Waals surface area contributed by atoms with Gasteiger partial charge in [-0.05, 0) is 56.0 Å². The summed E-state index contributed by atoms with van der Waals surface area (Å²) < 4.78 is 21.3. The van der Waals surface area contributed by atoms with Gasteiger partial charge < -0.3 is 24.3 Å². The summed E-state index contributed by atoms with van der Waals surface area (Å²) in [5.41, 5.74) is 1.40. The zero-order valence-corrected chi connectivity index (χ0v) is 19.8. The molecule has 9 heteroatoms. The van der Waals surface area contributed by atoms with Crippen molar-refractivity contribution in [1.82, 2.24) is 10.3 Å². The molecule has 0 spiro atoms. The number of benzene rings is 1. The number of methoxy groups -OCH3 is 2. The fourth-order valence-electron chi connectivity index (χ4n) is 4.22. The van der Waals surface area contributed by atoms with Crippen LogP contribution in [0.3, 0.4) is 0 Å². The molecule has 3 atom stereocenters. The molecular formula is C25H30N2O7. The Morgan fingerprint density at radius 2 is 1.88 bits per heavy atom. The van der Waals surface area contributed by atoms with E-state index < -0.39 is 5.97 Å². The number of nitrogens with one attached hydrogen (secondary N) is 1. The van der Waals surface area contributed by atoms with Gasteiger partial charge in [0.05, 0.1) is 26.4 Å². The molecule has 1 aliphatic carbocycles. The molecule has 0 bridgehead atoms. The van der Waals surface area contributed by atoms with Crippen molar-refractivity contribution in [3.05, 3.63) is 53.3 Å². The van der Waals surface area contributed by atoms with Crippen LogP contribution in [0.2, 0.25) is 0 Å². The highest BCUT2D eigenvalue weighted by Gasteiger charge is 2.35. The minimum atomic E-state index is -0.520. The number of ether oxygens (including phenoxy) is 4. The molecule has 1 fully saturated rings. The number of hydrogen-bond donors (Lipinski definition) is 1. The number of hydrogen-bond acceptors (Lipinski definition) is 8. The maximum atomic E-state index is 12.9. The Balaban J connectivity index is 1.84. The lowest BCUT2D eigenvalue weighted by Gasteiger charge is -2.36. The molecule has 1 N–H and O–H groups in total. The van der Waals surface area contributed by atoms with E-state index in [0.29, 0.717) is 37.4 Å². The predicted molar refractivity (Wildman–Crippen MR) is 123 cm³/mol. The maximum absolute atomic E-state index is 12.9. The summed E-state index contributed by atoms with van der Waals surface area (Å²) in [6.07, 6.45) is 2.87. The molecule has 9 nitrogen and oxygen atoms in total. The molecule has 1 heterocycles. The number of carbonyl (C=O) groups excluding carboxylic acids is 3. The zero-order valence-electron chi connectivity index (χ0n) is 19.8. The van der Waals surface area contributed by atoms with E-state index >= 15 is 0 Å². The van der Waals surface area contributed by atoms with Crippen LogP contribution < -0.4 is 14.8 Å². The van der Waals surface area contributed by atoms with Gasteiger partial charge in [-0.25, -0.2) is 4.79 Å². The largest absolute Gasteiger partial charge is 0.493 e. The summed E-state index contributed by atoms with van der Waals surface area (Å²) >= 11 is 0. The normalized spacial score (nSPS) is 19.6. The summed E-state index contributed by atoms with van der Waals surface area (Å²) in [4.78, 5) is 40.2. The second-order valence-corrected chi connectivity index (χ2v) is 8.00. The Labute approximate surface area is 198 Å². The highest BCUT2D eigenvalue weighted by atomic mass is 16.5. The molecule has 3 rings (SSSR count). The highest BCUT2D eigenvalue weighted by molar-refractivity contribution is 5.94. The lowest BCUT2D eigenvalue weighted by molar-refractivity contribution is -0.148. The van der Waals surface area contributed by atoms with Gasteiger partial charge in [0.2, 0.25) is 0 Å². The molecule has 34 heavy (non-hydrogen) atoms. The molecule has 1 amide bonds. The fraction of sp³-hybridized carbons (Fsp3) is 0.440. The van der Waals surface area contributed by atoms with Crippen molar-refractivity contribution >= 4 is 17.8 Å². The standard InChI is InChI=1S/C25H30N2O7/c1-5-33-23-12-16(7-11-22(23)31-3)19-13-18(34-15(2)28)8-10-20(19)27-24(29)21-9-6-17(14-26-21)25(30)32-4/h6-7,9,11-12,14,18-20H,5,8,10,13H2,1-4H3,(H,27,29). The molecule has 0 saturated heterocycles. The topological polar surface area (TPSA) is 113 Å². The van der Waals surface area contributed by atoms with Crippen LogP contribution in [0.25, 0.3) is 0 Å². The Morgan fingerprint density at radius 1 is 1.09 bits per heavy atom. The monoisotopic (exact) mass is 470 g/mol. The number of nitrogens with zero attached hydrogens (tertiary/aromatic N) is 1. The van der Waals surface area contributed by atoms with Crippen molar-refractivity contribution in [2.24, 2.45) is 0 Å². The minimum Gasteiger partial charge on any atom is -0.493 e. The number of amides is 1. The molecule has 1 aromatic carbocycles. The predicted octanol–water partition coefficient (Wildman–Crippen LogP) is 3.27. The van der Waals surface area contributed by atoms with E-state index in [0.717, 1.165) is 5.56 Å². The van der Waals surface area contributed by atoms with E-state index in [-0.39, 0.29) is 41.2 Å². The molecule has 1 aliphatic rings. The van der Waals surface area contributed by atoms with E-state index in [1.165, 1.54) is 32.4 Å². The molecule has 2 aromatic rings. The van der Waals surface area contributed by atoms with Gasteiger partial charge in [0.1, 0.15) is 11.8 Å². The first-order valence-corrected chi connectivity index (χ1v) is 11.2. The lowest BCUT2D eigenvalue weighted by atomic mass is 9.78. The number of esters is 2. The Kier molecular flexibility index (Phi) is 8.45. The van der Waals surface area contributed by atoms with Gasteiger partial charge in [0, 0.05) is 25.1 Å². The number of rotatable bonds is 8. The first-order chi connectivity index (χ1) is 16.4. The third-order valence-electron chi connectivity index (χ3n) is 5.78. The average Bonchev–Trinajstić information content (AvgIpc) is 2.84. The third kappa shape index (κ3) is 6.03. The van der Waals surface area contributed by atoms with Crippen molar-refractivity contribution in [2.45, 2.75) is 51.2 Å². The first-order valence-electron chi connectivity index (χ1n) is 11.2. The average molecular weight is 471 g/mol. The minimum absolute atomic E-state index is 0.124. The Bertz CT molecular complexity index is 1020. The van der Waals surface area contributed by atoms with Gasteiger partial charge >= 0.3 is 11.9 Å². The highest BCUT2D eigenvalue weighted by Crippen LogP contribution is 2.38. The van der Waals surface area contributed by atoms with Crippen LogP contribution >= 0.6 is 0 Å². The summed E-state index contributed by atoms with van der Waals surface area (Å²) in [5.74, 6) is -0.0909. The zero-order chi connectivity index (χ0) is 24.7. The van der Waals surface area contributed by atoms with Crippen LogP contribution in [-0.2, 0) is 14.3 Å². The van der Waals surface area contributed by atoms with Gasteiger partial charge in [-0.2, -0.15) is 0 Å². The summed E-state index contributed by atoms with van der Waals surface area (Å²) in [7, 11) is 2.86. The maximum Gasteiger partial charge on any atom is 0.339 e. The molecule has 1 saturated carbocycles. The van der Waals surface area contributed by atoms with Crippen molar-refractivity contribution in [2.75, 3.05) is 20.8 Å². The van der Waals surface area contributed by atoms with Crippen LogP contribution in [0.5, 0.6) is 11.5 Å².